The molecule has 0 amide bonds. The number of hydrogen-bond acceptors (Lipinski definition) is 2. The first-order valence-corrected chi connectivity index (χ1v) is 6.37. The number of halogens is 2. The molecule has 0 fully saturated rings. The third-order valence-corrected chi connectivity index (χ3v) is 3.36. The minimum absolute atomic E-state index is 0.0652. The summed E-state index contributed by atoms with van der Waals surface area (Å²) in [6, 6.07) is 9.34. The van der Waals surface area contributed by atoms with Gasteiger partial charge < -0.3 is 10.4 Å². The molecule has 0 spiro atoms. The molecule has 0 aromatic heterocycles. The van der Waals surface area contributed by atoms with Gasteiger partial charge in [-0.05, 0) is 36.8 Å². The molecule has 0 aliphatic heterocycles. The molecule has 0 saturated carbocycles. The first-order valence-electron chi connectivity index (χ1n) is 5.99. The lowest BCUT2D eigenvalue weighted by atomic mass is 10.1. The standard InChI is InChI=1S/C15H13ClFNO2/c1-9-2-5-12(7-13(9)16)18-8-11-4-3-10(15(19)20)6-14(11)17/h2-7,18H,8H2,1H3,(H,19,20). The van der Waals surface area contributed by atoms with E-state index in [0.29, 0.717) is 10.6 Å². The molecule has 2 N–H and O–H groups in total. The Balaban J connectivity index is 2.10. The Hall–Kier alpha value is -2.07. The summed E-state index contributed by atoms with van der Waals surface area (Å²) >= 11 is 6.00. The maximum atomic E-state index is 13.7. The number of carboxylic acids is 1. The number of hydrogen-bond donors (Lipinski definition) is 2. The number of aromatic carboxylic acids is 1. The average molecular weight is 294 g/mol. The number of nitrogens with one attached hydrogen (secondary N) is 1. The van der Waals surface area contributed by atoms with E-state index in [2.05, 4.69) is 5.32 Å². The number of rotatable bonds is 4. The smallest absolute Gasteiger partial charge is 0.335 e. The summed E-state index contributed by atoms with van der Waals surface area (Å²) in [7, 11) is 0. The van der Waals surface area contributed by atoms with Gasteiger partial charge in [0, 0.05) is 22.8 Å². The van der Waals surface area contributed by atoms with Gasteiger partial charge in [-0.2, -0.15) is 0 Å². The van der Waals surface area contributed by atoms with Crippen molar-refractivity contribution in [3.8, 4) is 0 Å². The van der Waals surface area contributed by atoms with Crippen LogP contribution in [-0.4, -0.2) is 11.1 Å². The SMILES string of the molecule is Cc1ccc(NCc2ccc(C(=O)O)cc2F)cc1Cl. The summed E-state index contributed by atoms with van der Waals surface area (Å²) in [6.45, 7) is 2.15. The largest absolute Gasteiger partial charge is 0.478 e. The maximum Gasteiger partial charge on any atom is 0.335 e. The van der Waals surface area contributed by atoms with Crippen molar-refractivity contribution >= 4 is 23.3 Å². The van der Waals surface area contributed by atoms with Gasteiger partial charge in [0.1, 0.15) is 5.82 Å². The Morgan fingerprint density at radius 2 is 2.05 bits per heavy atom. The topological polar surface area (TPSA) is 49.3 Å². The molecule has 0 heterocycles. The number of carbonyl (C=O) groups is 1. The Labute approximate surface area is 121 Å². The van der Waals surface area contributed by atoms with Gasteiger partial charge in [0.05, 0.1) is 5.56 Å². The van der Waals surface area contributed by atoms with E-state index in [1.807, 2.05) is 19.1 Å². The Morgan fingerprint density at radius 1 is 1.30 bits per heavy atom. The van der Waals surface area contributed by atoms with Crippen molar-refractivity contribution in [3.05, 3.63) is 63.9 Å². The van der Waals surface area contributed by atoms with Crippen LogP contribution in [0.5, 0.6) is 0 Å². The average Bonchev–Trinajstić information content (AvgIpc) is 2.41. The number of aryl methyl sites for hydroxylation is 1. The Morgan fingerprint density at radius 3 is 2.65 bits per heavy atom. The molecule has 0 bridgehead atoms. The Kier molecular flexibility index (Phi) is 4.25. The molecule has 0 atom stereocenters. The number of benzene rings is 2. The van der Waals surface area contributed by atoms with Crippen LogP contribution in [0.25, 0.3) is 0 Å². The maximum absolute atomic E-state index is 13.7. The minimum Gasteiger partial charge on any atom is -0.478 e. The van der Waals surface area contributed by atoms with Gasteiger partial charge in [-0.25, -0.2) is 9.18 Å². The fourth-order valence-electron chi connectivity index (χ4n) is 1.72. The summed E-state index contributed by atoms with van der Waals surface area (Å²) in [5.41, 5.74) is 2.08. The summed E-state index contributed by atoms with van der Waals surface area (Å²) in [4.78, 5) is 10.7. The first kappa shape index (κ1) is 14.3. The summed E-state index contributed by atoms with van der Waals surface area (Å²) in [6.07, 6.45) is 0. The van der Waals surface area contributed by atoms with Crippen molar-refractivity contribution in [1.29, 1.82) is 0 Å². The lowest BCUT2D eigenvalue weighted by Crippen LogP contribution is -2.04. The van der Waals surface area contributed by atoms with Crippen LogP contribution in [0.15, 0.2) is 36.4 Å². The predicted octanol–water partition coefficient (Wildman–Crippen LogP) is 4.10. The van der Waals surface area contributed by atoms with Crippen molar-refractivity contribution in [1.82, 2.24) is 0 Å². The van der Waals surface area contributed by atoms with Crippen LogP contribution in [0.3, 0.4) is 0 Å². The van der Waals surface area contributed by atoms with Crippen LogP contribution in [-0.2, 0) is 6.54 Å². The van der Waals surface area contributed by atoms with Crippen LogP contribution < -0.4 is 5.32 Å². The van der Waals surface area contributed by atoms with E-state index in [1.165, 1.54) is 12.1 Å². The van der Waals surface area contributed by atoms with Crippen molar-refractivity contribution in [2.45, 2.75) is 13.5 Å². The van der Waals surface area contributed by atoms with Crippen LogP contribution in [0, 0.1) is 12.7 Å². The molecule has 3 nitrogen and oxygen atoms in total. The van der Waals surface area contributed by atoms with E-state index in [1.54, 1.807) is 6.07 Å². The molecule has 0 aliphatic rings. The zero-order valence-corrected chi connectivity index (χ0v) is 11.5. The molecule has 2 aromatic carbocycles. The monoisotopic (exact) mass is 293 g/mol. The fourth-order valence-corrected chi connectivity index (χ4v) is 1.90. The Bertz CT molecular complexity index is 658. The molecule has 20 heavy (non-hydrogen) atoms. The molecular formula is C15H13ClFNO2. The summed E-state index contributed by atoms with van der Waals surface area (Å²) in [5.74, 6) is -1.69. The number of carboxylic acid groups (broad SMARTS) is 1. The van der Waals surface area contributed by atoms with Gasteiger partial charge in [0.2, 0.25) is 0 Å². The molecule has 104 valence electrons. The highest BCUT2D eigenvalue weighted by atomic mass is 35.5. The predicted molar refractivity (Wildman–Crippen MR) is 76.9 cm³/mol. The second kappa shape index (κ2) is 5.92. The normalized spacial score (nSPS) is 10.3. The second-order valence-corrected chi connectivity index (χ2v) is 4.84. The lowest BCUT2D eigenvalue weighted by molar-refractivity contribution is 0.0696. The summed E-state index contributed by atoms with van der Waals surface area (Å²) < 4.78 is 13.7. The van der Waals surface area contributed by atoms with E-state index in [-0.39, 0.29) is 12.1 Å². The van der Waals surface area contributed by atoms with Gasteiger partial charge in [0.25, 0.3) is 0 Å². The van der Waals surface area contributed by atoms with Crippen LogP contribution in [0.2, 0.25) is 5.02 Å². The molecule has 2 aromatic rings. The zero-order valence-electron chi connectivity index (χ0n) is 10.8. The quantitative estimate of drug-likeness (QED) is 0.892. The van der Waals surface area contributed by atoms with E-state index < -0.39 is 11.8 Å². The highest BCUT2D eigenvalue weighted by Gasteiger charge is 2.08. The van der Waals surface area contributed by atoms with E-state index in [0.717, 1.165) is 17.3 Å². The molecule has 0 saturated heterocycles. The molecular weight excluding hydrogens is 281 g/mol. The van der Waals surface area contributed by atoms with Crippen LogP contribution >= 0.6 is 11.6 Å². The van der Waals surface area contributed by atoms with Crippen molar-refractivity contribution in [3.63, 3.8) is 0 Å². The molecule has 0 radical (unpaired) electrons. The summed E-state index contributed by atoms with van der Waals surface area (Å²) in [5, 5.41) is 12.5. The fraction of sp³-hybridized carbons (Fsp3) is 0.133. The minimum atomic E-state index is -1.14. The van der Waals surface area contributed by atoms with Gasteiger partial charge in [-0.15, -0.1) is 0 Å². The highest BCUT2D eigenvalue weighted by molar-refractivity contribution is 6.31. The molecule has 2 rings (SSSR count). The van der Waals surface area contributed by atoms with E-state index in [4.69, 9.17) is 16.7 Å². The van der Waals surface area contributed by atoms with Gasteiger partial charge >= 0.3 is 5.97 Å². The van der Waals surface area contributed by atoms with Gasteiger partial charge in [-0.1, -0.05) is 23.7 Å². The van der Waals surface area contributed by atoms with Crippen LogP contribution in [0.1, 0.15) is 21.5 Å². The highest BCUT2D eigenvalue weighted by Crippen LogP contribution is 2.21. The first-order chi connectivity index (χ1) is 9.47. The lowest BCUT2D eigenvalue weighted by Gasteiger charge is -2.09. The van der Waals surface area contributed by atoms with Gasteiger partial charge in [-0.3, -0.25) is 0 Å². The van der Waals surface area contributed by atoms with Crippen molar-refractivity contribution < 1.29 is 14.3 Å². The van der Waals surface area contributed by atoms with Crippen molar-refractivity contribution in [2.75, 3.05) is 5.32 Å². The van der Waals surface area contributed by atoms with Crippen molar-refractivity contribution in [2.24, 2.45) is 0 Å². The van der Waals surface area contributed by atoms with E-state index in [9.17, 15) is 9.18 Å². The van der Waals surface area contributed by atoms with Crippen LogP contribution in [0.4, 0.5) is 10.1 Å². The zero-order chi connectivity index (χ0) is 14.7. The van der Waals surface area contributed by atoms with Gasteiger partial charge in [0.15, 0.2) is 0 Å². The molecule has 5 heteroatoms. The molecule has 0 aliphatic carbocycles. The third kappa shape index (κ3) is 3.27. The second-order valence-electron chi connectivity index (χ2n) is 4.43. The molecule has 0 unspecified atom stereocenters. The van der Waals surface area contributed by atoms with E-state index >= 15 is 0 Å². The third-order valence-electron chi connectivity index (χ3n) is 2.95. The number of anilines is 1.